The molecule has 154 valence electrons. The summed E-state index contributed by atoms with van der Waals surface area (Å²) in [6, 6.07) is 10.2. The van der Waals surface area contributed by atoms with Crippen LogP contribution in [0.5, 0.6) is 0 Å². The number of benzene rings is 1. The average Bonchev–Trinajstić information content (AvgIpc) is 2.93. The molecular formula is C24H36N2O2. The van der Waals surface area contributed by atoms with Gasteiger partial charge in [0.05, 0.1) is 6.10 Å². The van der Waals surface area contributed by atoms with Crippen molar-refractivity contribution < 1.29 is 9.53 Å². The number of carbonyl (C=O) groups is 1. The minimum Gasteiger partial charge on any atom is -0.458 e. The van der Waals surface area contributed by atoms with E-state index in [4.69, 9.17) is 4.74 Å². The number of esters is 1. The molecule has 1 aromatic carbocycles. The Balaban J connectivity index is 2.07. The lowest BCUT2D eigenvalue weighted by molar-refractivity contribution is 0.0290. The molecule has 0 aliphatic heterocycles. The molecule has 4 nitrogen and oxygen atoms in total. The average molecular weight is 385 g/mol. The van der Waals surface area contributed by atoms with Gasteiger partial charge in [0.15, 0.2) is 0 Å². The van der Waals surface area contributed by atoms with Crippen molar-refractivity contribution >= 4 is 11.7 Å². The molecule has 0 bridgehead atoms. The smallest absolute Gasteiger partial charge is 0.355 e. The van der Waals surface area contributed by atoms with Crippen LogP contribution in [0.4, 0.5) is 5.69 Å². The van der Waals surface area contributed by atoms with Gasteiger partial charge in [-0.15, -0.1) is 0 Å². The van der Waals surface area contributed by atoms with E-state index < -0.39 is 0 Å². The second kappa shape index (κ2) is 8.42. The summed E-state index contributed by atoms with van der Waals surface area (Å²) < 4.78 is 7.51. The van der Waals surface area contributed by atoms with Crippen LogP contribution in [0.25, 0.3) is 11.1 Å². The van der Waals surface area contributed by atoms with E-state index in [0.717, 1.165) is 29.7 Å². The van der Waals surface area contributed by atoms with Gasteiger partial charge in [-0.3, -0.25) is 0 Å². The van der Waals surface area contributed by atoms with Gasteiger partial charge in [0.2, 0.25) is 0 Å². The largest absolute Gasteiger partial charge is 0.458 e. The summed E-state index contributed by atoms with van der Waals surface area (Å²) in [4.78, 5) is 12.6. The number of rotatable bonds is 6. The van der Waals surface area contributed by atoms with Crippen molar-refractivity contribution in [3.63, 3.8) is 0 Å². The van der Waals surface area contributed by atoms with E-state index in [1.54, 1.807) is 0 Å². The summed E-state index contributed by atoms with van der Waals surface area (Å²) >= 11 is 0. The number of nitrogens with one attached hydrogen (secondary N) is 1. The van der Waals surface area contributed by atoms with E-state index >= 15 is 0 Å². The lowest BCUT2D eigenvalue weighted by atomic mass is 9.89. The maximum Gasteiger partial charge on any atom is 0.355 e. The van der Waals surface area contributed by atoms with Crippen LogP contribution < -0.4 is 5.32 Å². The molecule has 2 rings (SSSR count). The number of anilines is 1. The van der Waals surface area contributed by atoms with Gasteiger partial charge in [0.1, 0.15) is 5.69 Å². The van der Waals surface area contributed by atoms with E-state index in [-0.39, 0.29) is 23.0 Å². The Morgan fingerprint density at radius 1 is 1.07 bits per heavy atom. The van der Waals surface area contributed by atoms with Crippen LogP contribution >= 0.6 is 0 Å². The molecule has 0 fully saturated rings. The van der Waals surface area contributed by atoms with Crippen LogP contribution in [0.3, 0.4) is 0 Å². The van der Waals surface area contributed by atoms with Crippen LogP contribution in [0.2, 0.25) is 0 Å². The molecule has 4 heteroatoms. The van der Waals surface area contributed by atoms with Crippen LogP contribution in [-0.2, 0) is 11.8 Å². The number of hydrogen-bond donors (Lipinski definition) is 1. The standard InChI is InChI=1S/C24H36N2O2/c1-17(13-14-23(2,3)4)28-22(27)21-15-19(16-26(21)8)18-9-11-20(12-10-18)25-24(5,6)7/h9-12,15-17,25H,13-14H2,1-8H3. The van der Waals surface area contributed by atoms with Crippen molar-refractivity contribution in [1.29, 1.82) is 0 Å². The lowest BCUT2D eigenvalue weighted by Gasteiger charge is -2.22. The molecule has 1 unspecified atom stereocenters. The number of ether oxygens (including phenoxy) is 1. The molecule has 1 atom stereocenters. The Morgan fingerprint density at radius 2 is 1.68 bits per heavy atom. The fraction of sp³-hybridized carbons (Fsp3) is 0.542. The molecule has 2 aromatic rings. The molecule has 0 radical (unpaired) electrons. The number of aryl methyl sites for hydroxylation is 1. The summed E-state index contributed by atoms with van der Waals surface area (Å²) in [6.45, 7) is 15.0. The first-order chi connectivity index (χ1) is 12.8. The highest BCUT2D eigenvalue weighted by atomic mass is 16.5. The first kappa shape index (κ1) is 22.1. The van der Waals surface area contributed by atoms with Crippen molar-refractivity contribution in [3.05, 3.63) is 42.2 Å². The summed E-state index contributed by atoms with van der Waals surface area (Å²) in [5.74, 6) is -0.263. The first-order valence-electron chi connectivity index (χ1n) is 10.1. The third-order valence-electron chi connectivity index (χ3n) is 4.56. The zero-order valence-electron chi connectivity index (χ0n) is 18.7. The van der Waals surface area contributed by atoms with E-state index in [2.05, 4.69) is 71.1 Å². The van der Waals surface area contributed by atoms with Gasteiger partial charge in [0.25, 0.3) is 0 Å². The van der Waals surface area contributed by atoms with Crippen molar-refractivity contribution in [2.45, 2.75) is 73.0 Å². The molecule has 0 spiro atoms. The van der Waals surface area contributed by atoms with Gasteiger partial charge in [-0.25, -0.2) is 4.79 Å². The van der Waals surface area contributed by atoms with E-state index in [9.17, 15) is 4.79 Å². The topological polar surface area (TPSA) is 43.3 Å². The van der Waals surface area contributed by atoms with Crippen molar-refractivity contribution in [2.24, 2.45) is 12.5 Å². The highest BCUT2D eigenvalue weighted by molar-refractivity contribution is 5.90. The Morgan fingerprint density at radius 3 is 2.21 bits per heavy atom. The summed E-state index contributed by atoms with van der Waals surface area (Å²) in [5, 5.41) is 3.46. The maximum absolute atomic E-state index is 12.6. The summed E-state index contributed by atoms with van der Waals surface area (Å²) in [7, 11) is 1.88. The fourth-order valence-corrected chi connectivity index (χ4v) is 3.04. The maximum atomic E-state index is 12.6. The number of aromatic nitrogens is 1. The van der Waals surface area contributed by atoms with Crippen LogP contribution in [-0.4, -0.2) is 22.2 Å². The Bertz CT molecular complexity index is 789. The number of carbonyl (C=O) groups excluding carboxylic acids is 1. The summed E-state index contributed by atoms with van der Waals surface area (Å²) in [5.41, 5.74) is 4.02. The van der Waals surface area contributed by atoms with Gasteiger partial charge in [-0.2, -0.15) is 0 Å². The monoisotopic (exact) mass is 384 g/mol. The highest BCUT2D eigenvalue weighted by Crippen LogP contribution is 2.26. The summed E-state index contributed by atoms with van der Waals surface area (Å²) in [6.07, 6.45) is 3.78. The molecule has 28 heavy (non-hydrogen) atoms. The molecule has 1 N–H and O–H groups in total. The van der Waals surface area contributed by atoms with Gasteiger partial charge in [-0.1, -0.05) is 32.9 Å². The fourth-order valence-electron chi connectivity index (χ4n) is 3.04. The van der Waals surface area contributed by atoms with Crippen LogP contribution in [0, 0.1) is 5.41 Å². The highest BCUT2D eigenvalue weighted by Gasteiger charge is 2.19. The van der Waals surface area contributed by atoms with Crippen LogP contribution in [0.1, 0.15) is 71.8 Å². The Kier molecular flexibility index (Phi) is 6.63. The Labute approximate surface area is 170 Å². The van der Waals surface area contributed by atoms with Gasteiger partial charge in [0, 0.05) is 30.0 Å². The third kappa shape index (κ3) is 6.74. The molecule has 0 saturated carbocycles. The third-order valence-corrected chi connectivity index (χ3v) is 4.56. The SMILES string of the molecule is CC(CCC(C)(C)C)OC(=O)c1cc(-c2ccc(NC(C)(C)C)cc2)cn1C. The molecule has 1 heterocycles. The number of nitrogens with zero attached hydrogens (tertiary/aromatic N) is 1. The normalized spacial score (nSPS) is 13.3. The van der Waals surface area contributed by atoms with Crippen LogP contribution in [0.15, 0.2) is 36.5 Å². The van der Waals surface area contributed by atoms with Gasteiger partial charge < -0.3 is 14.6 Å². The Hall–Kier alpha value is -2.23. The second-order valence-electron chi connectivity index (χ2n) is 9.99. The number of hydrogen-bond acceptors (Lipinski definition) is 3. The molecule has 0 saturated heterocycles. The van der Waals surface area contributed by atoms with Crippen molar-refractivity contribution in [2.75, 3.05) is 5.32 Å². The van der Waals surface area contributed by atoms with E-state index in [0.29, 0.717) is 5.69 Å². The molecular weight excluding hydrogens is 348 g/mol. The van der Waals surface area contributed by atoms with E-state index in [1.165, 1.54) is 0 Å². The molecule has 0 aliphatic carbocycles. The second-order valence-corrected chi connectivity index (χ2v) is 9.99. The minimum absolute atomic E-state index is 0.0227. The van der Waals surface area contributed by atoms with Gasteiger partial charge in [-0.05, 0) is 69.7 Å². The molecule has 0 amide bonds. The van der Waals surface area contributed by atoms with Crippen molar-refractivity contribution in [3.8, 4) is 11.1 Å². The molecule has 0 aliphatic rings. The van der Waals surface area contributed by atoms with Crippen molar-refractivity contribution in [1.82, 2.24) is 4.57 Å². The predicted molar refractivity (Wildman–Crippen MR) is 118 cm³/mol. The quantitative estimate of drug-likeness (QED) is 0.597. The predicted octanol–water partition coefficient (Wildman–Crippen LogP) is 6.27. The lowest BCUT2D eigenvalue weighted by Crippen LogP contribution is -2.25. The first-order valence-corrected chi connectivity index (χ1v) is 10.1. The van der Waals surface area contributed by atoms with E-state index in [1.807, 2.05) is 30.8 Å². The minimum atomic E-state index is -0.263. The zero-order chi connectivity index (χ0) is 21.1. The zero-order valence-corrected chi connectivity index (χ0v) is 18.7. The van der Waals surface area contributed by atoms with Gasteiger partial charge >= 0.3 is 5.97 Å². The molecule has 1 aromatic heterocycles.